The SMILES string of the molecule is CC(NC(=O)c1ccc(/C=C/C(=O)O)cn1)c1cn[nH]c1. The van der Waals surface area contributed by atoms with Crippen molar-refractivity contribution in [2.45, 2.75) is 13.0 Å². The largest absolute Gasteiger partial charge is 0.478 e. The van der Waals surface area contributed by atoms with Gasteiger partial charge in [-0.3, -0.25) is 14.9 Å². The van der Waals surface area contributed by atoms with Gasteiger partial charge in [0.1, 0.15) is 5.69 Å². The molecule has 0 radical (unpaired) electrons. The van der Waals surface area contributed by atoms with E-state index in [0.29, 0.717) is 5.56 Å². The van der Waals surface area contributed by atoms with Gasteiger partial charge in [-0.15, -0.1) is 0 Å². The van der Waals surface area contributed by atoms with Crippen LogP contribution in [0.15, 0.2) is 36.8 Å². The van der Waals surface area contributed by atoms with Crippen molar-refractivity contribution in [1.29, 1.82) is 0 Å². The van der Waals surface area contributed by atoms with Crippen molar-refractivity contribution in [1.82, 2.24) is 20.5 Å². The summed E-state index contributed by atoms with van der Waals surface area (Å²) in [4.78, 5) is 26.4. The molecule has 2 heterocycles. The van der Waals surface area contributed by atoms with Crippen LogP contribution in [0.5, 0.6) is 0 Å². The van der Waals surface area contributed by atoms with Crippen LogP contribution >= 0.6 is 0 Å². The Morgan fingerprint density at radius 3 is 2.76 bits per heavy atom. The summed E-state index contributed by atoms with van der Waals surface area (Å²) in [6, 6.07) is 2.98. The zero-order valence-corrected chi connectivity index (χ0v) is 11.3. The molecule has 0 aliphatic carbocycles. The topological polar surface area (TPSA) is 108 Å². The Bertz CT molecular complexity index is 647. The molecular weight excluding hydrogens is 272 g/mol. The average Bonchev–Trinajstić information content (AvgIpc) is 3.00. The second-order valence-electron chi connectivity index (χ2n) is 4.38. The minimum atomic E-state index is -1.04. The van der Waals surface area contributed by atoms with Crippen molar-refractivity contribution >= 4 is 18.0 Å². The van der Waals surface area contributed by atoms with Gasteiger partial charge in [-0.05, 0) is 24.6 Å². The van der Waals surface area contributed by atoms with Gasteiger partial charge in [-0.25, -0.2) is 4.79 Å². The number of carbonyl (C=O) groups is 2. The van der Waals surface area contributed by atoms with Crippen molar-refractivity contribution in [3.05, 3.63) is 53.6 Å². The van der Waals surface area contributed by atoms with Gasteiger partial charge < -0.3 is 10.4 Å². The number of carboxylic acid groups (broad SMARTS) is 1. The molecule has 0 bridgehead atoms. The van der Waals surface area contributed by atoms with E-state index >= 15 is 0 Å². The van der Waals surface area contributed by atoms with Gasteiger partial charge in [0.05, 0.1) is 12.2 Å². The lowest BCUT2D eigenvalue weighted by Gasteiger charge is -2.11. The van der Waals surface area contributed by atoms with Gasteiger partial charge in [-0.2, -0.15) is 5.10 Å². The molecule has 7 nitrogen and oxygen atoms in total. The molecule has 2 rings (SSSR count). The van der Waals surface area contributed by atoms with Crippen LogP contribution in [0.1, 0.15) is 34.6 Å². The van der Waals surface area contributed by atoms with E-state index in [-0.39, 0.29) is 17.6 Å². The van der Waals surface area contributed by atoms with E-state index in [1.165, 1.54) is 12.3 Å². The quantitative estimate of drug-likeness (QED) is 0.720. The van der Waals surface area contributed by atoms with Crippen LogP contribution in [0.25, 0.3) is 6.08 Å². The summed E-state index contributed by atoms with van der Waals surface area (Å²) in [5.41, 5.74) is 1.74. The highest BCUT2D eigenvalue weighted by molar-refractivity contribution is 5.92. The van der Waals surface area contributed by atoms with E-state index in [2.05, 4.69) is 20.5 Å². The van der Waals surface area contributed by atoms with Crippen LogP contribution < -0.4 is 5.32 Å². The number of rotatable bonds is 5. The number of aromatic amines is 1. The molecule has 0 saturated heterocycles. The number of amides is 1. The maximum absolute atomic E-state index is 12.0. The molecule has 0 fully saturated rings. The fourth-order valence-electron chi connectivity index (χ4n) is 1.66. The monoisotopic (exact) mass is 286 g/mol. The summed E-state index contributed by atoms with van der Waals surface area (Å²) in [5, 5.41) is 17.8. The lowest BCUT2D eigenvalue weighted by molar-refractivity contribution is -0.131. The van der Waals surface area contributed by atoms with E-state index in [0.717, 1.165) is 11.6 Å². The van der Waals surface area contributed by atoms with Crippen LogP contribution in [0.4, 0.5) is 0 Å². The second-order valence-corrected chi connectivity index (χ2v) is 4.38. The molecule has 108 valence electrons. The molecule has 2 aromatic rings. The molecule has 3 N–H and O–H groups in total. The Labute approximate surface area is 120 Å². The Balaban J connectivity index is 2.01. The van der Waals surface area contributed by atoms with E-state index in [4.69, 9.17) is 5.11 Å². The zero-order chi connectivity index (χ0) is 15.2. The van der Waals surface area contributed by atoms with Gasteiger partial charge in [-0.1, -0.05) is 6.07 Å². The maximum Gasteiger partial charge on any atom is 0.328 e. The van der Waals surface area contributed by atoms with Crippen LogP contribution in [0.3, 0.4) is 0 Å². The zero-order valence-electron chi connectivity index (χ0n) is 11.3. The molecule has 7 heteroatoms. The van der Waals surface area contributed by atoms with Gasteiger partial charge in [0.25, 0.3) is 5.91 Å². The van der Waals surface area contributed by atoms with Crippen LogP contribution in [0.2, 0.25) is 0 Å². The number of hydrogen-bond acceptors (Lipinski definition) is 4. The predicted molar refractivity (Wildman–Crippen MR) is 75.4 cm³/mol. The number of carboxylic acids is 1. The summed E-state index contributed by atoms with van der Waals surface area (Å²) in [5.74, 6) is -1.34. The van der Waals surface area contributed by atoms with E-state index in [9.17, 15) is 9.59 Å². The maximum atomic E-state index is 12.0. The summed E-state index contributed by atoms with van der Waals surface area (Å²) in [6.45, 7) is 1.84. The Morgan fingerprint density at radius 2 is 2.19 bits per heavy atom. The summed E-state index contributed by atoms with van der Waals surface area (Å²) in [6.07, 6.45) is 7.20. The molecule has 0 aliphatic rings. The summed E-state index contributed by atoms with van der Waals surface area (Å²) in [7, 11) is 0. The van der Waals surface area contributed by atoms with Crippen molar-refractivity contribution in [2.75, 3.05) is 0 Å². The molecule has 2 aromatic heterocycles. The third-order valence-corrected chi connectivity index (χ3v) is 2.80. The third-order valence-electron chi connectivity index (χ3n) is 2.80. The summed E-state index contributed by atoms with van der Waals surface area (Å²) < 4.78 is 0. The first-order valence-corrected chi connectivity index (χ1v) is 6.23. The summed E-state index contributed by atoms with van der Waals surface area (Å²) >= 11 is 0. The van der Waals surface area contributed by atoms with Gasteiger partial charge in [0, 0.05) is 24.0 Å². The van der Waals surface area contributed by atoms with Gasteiger partial charge in [0.2, 0.25) is 0 Å². The van der Waals surface area contributed by atoms with Crippen LogP contribution in [0, 0.1) is 0 Å². The van der Waals surface area contributed by atoms with Crippen LogP contribution in [-0.2, 0) is 4.79 Å². The fourth-order valence-corrected chi connectivity index (χ4v) is 1.66. The first-order valence-electron chi connectivity index (χ1n) is 6.23. The standard InChI is InChI=1S/C14H14N4O3/c1-9(11-7-16-17-8-11)18-14(21)12-4-2-10(6-15-12)3-5-13(19)20/h2-9H,1H3,(H,16,17)(H,18,21)(H,19,20)/b5-3+. The molecule has 0 saturated carbocycles. The fraction of sp³-hybridized carbons (Fsp3) is 0.143. The normalized spacial score (nSPS) is 12.2. The number of hydrogen-bond donors (Lipinski definition) is 3. The van der Waals surface area contributed by atoms with E-state index in [1.54, 1.807) is 24.5 Å². The van der Waals surface area contributed by atoms with Crippen molar-refractivity contribution < 1.29 is 14.7 Å². The molecule has 1 amide bonds. The van der Waals surface area contributed by atoms with Gasteiger partial charge >= 0.3 is 5.97 Å². The first kappa shape index (κ1) is 14.4. The first-order chi connectivity index (χ1) is 10.1. The highest BCUT2D eigenvalue weighted by Crippen LogP contribution is 2.10. The number of pyridine rings is 1. The Morgan fingerprint density at radius 1 is 1.38 bits per heavy atom. The second kappa shape index (κ2) is 6.47. The number of carbonyl (C=O) groups excluding carboxylic acids is 1. The predicted octanol–water partition coefficient (Wildman–Crippen LogP) is 1.39. The third kappa shape index (κ3) is 4.00. The Kier molecular flexibility index (Phi) is 4.45. The highest BCUT2D eigenvalue weighted by atomic mass is 16.4. The average molecular weight is 286 g/mol. The van der Waals surface area contributed by atoms with Crippen molar-refractivity contribution in [2.24, 2.45) is 0 Å². The Hall–Kier alpha value is -2.96. The number of aliphatic carboxylic acids is 1. The molecular formula is C14H14N4O3. The highest BCUT2D eigenvalue weighted by Gasteiger charge is 2.12. The molecule has 1 unspecified atom stereocenters. The lowest BCUT2D eigenvalue weighted by atomic mass is 10.2. The van der Waals surface area contributed by atoms with Crippen LogP contribution in [-0.4, -0.2) is 32.2 Å². The minimum Gasteiger partial charge on any atom is -0.478 e. The van der Waals surface area contributed by atoms with Gasteiger partial charge in [0.15, 0.2) is 0 Å². The molecule has 1 atom stereocenters. The molecule has 0 spiro atoms. The molecule has 0 aromatic carbocycles. The lowest BCUT2D eigenvalue weighted by Crippen LogP contribution is -2.27. The van der Waals surface area contributed by atoms with Crippen molar-refractivity contribution in [3.63, 3.8) is 0 Å². The number of aromatic nitrogens is 3. The van der Waals surface area contributed by atoms with Crippen molar-refractivity contribution in [3.8, 4) is 0 Å². The minimum absolute atomic E-state index is 0.190. The number of nitrogens with zero attached hydrogens (tertiary/aromatic N) is 2. The number of H-pyrrole nitrogens is 1. The smallest absolute Gasteiger partial charge is 0.328 e. The molecule has 21 heavy (non-hydrogen) atoms. The van der Waals surface area contributed by atoms with E-state index < -0.39 is 5.97 Å². The number of nitrogens with one attached hydrogen (secondary N) is 2. The van der Waals surface area contributed by atoms with E-state index in [1.807, 2.05) is 6.92 Å². The molecule has 0 aliphatic heterocycles.